The van der Waals surface area contributed by atoms with Gasteiger partial charge in [0.1, 0.15) is 5.75 Å². The molecule has 0 saturated carbocycles. The molecule has 1 N–H and O–H groups in total. The Bertz CT molecular complexity index is 613. The minimum absolute atomic E-state index is 0.124. The van der Waals surface area contributed by atoms with Crippen LogP contribution < -0.4 is 10.1 Å². The quantitative estimate of drug-likeness (QED) is 0.630. The van der Waals surface area contributed by atoms with Crippen LogP contribution in [0.1, 0.15) is 29.7 Å². The minimum Gasteiger partial charge on any atom is -0.496 e. The Labute approximate surface area is 148 Å². The van der Waals surface area contributed by atoms with Gasteiger partial charge >= 0.3 is 0 Å². The maximum absolute atomic E-state index is 5.59. The second kappa shape index (κ2) is 7.61. The van der Waals surface area contributed by atoms with Gasteiger partial charge in [0.2, 0.25) is 0 Å². The largest absolute Gasteiger partial charge is 0.496 e. The summed E-state index contributed by atoms with van der Waals surface area (Å²) in [6.07, 6.45) is 0. The molecule has 0 heterocycles. The van der Waals surface area contributed by atoms with Gasteiger partial charge in [-0.2, -0.15) is 0 Å². The van der Waals surface area contributed by atoms with Gasteiger partial charge in [0.15, 0.2) is 0 Å². The summed E-state index contributed by atoms with van der Waals surface area (Å²) < 4.78 is 7.93. The predicted octanol–water partition coefficient (Wildman–Crippen LogP) is 5.07. The summed E-state index contributed by atoms with van der Waals surface area (Å²) in [6.45, 7) is 5.09. The van der Waals surface area contributed by atoms with E-state index in [-0.39, 0.29) is 6.04 Å². The normalized spacial score (nSPS) is 12.2. The van der Waals surface area contributed by atoms with Gasteiger partial charge in [0, 0.05) is 13.6 Å². The average molecular weight is 460 g/mol. The van der Waals surface area contributed by atoms with Crippen molar-refractivity contribution in [1.29, 1.82) is 0 Å². The Hall–Kier alpha value is -0.590. The molecular formula is C17H19BrINO. The number of methoxy groups -OCH3 is 1. The molecule has 0 spiro atoms. The predicted molar refractivity (Wildman–Crippen MR) is 100 cm³/mol. The average Bonchev–Trinajstić information content (AvgIpc) is 2.48. The van der Waals surface area contributed by atoms with Crippen LogP contribution in [0, 0.1) is 10.5 Å². The van der Waals surface area contributed by atoms with E-state index >= 15 is 0 Å². The molecule has 2 aromatic rings. The van der Waals surface area contributed by atoms with Gasteiger partial charge in [0.25, 0.3) is 0 Å². The Kier molecular flexibility index (Phi) is 6.08. The van der Waals surface area contributed by atoms with E-state index in [1.807, 2.05) is 0 Å². The van der Waals surface area contributed by atoms with Crippen LogP contribution in [0.15, 0.2) is 40.9 Å². The second-order valence-corrected chi connectivity index (χ2v) is 6.99. The summed E-state index contributed by atoms with van der Waals surface area (Å²) >= 11 is 5.96. The van der Waals surface area contributed by atoms with Crippen molar-refractivity contribution in [3.05, 3.63) is 61.1 Å². The van der Waals surface area contributed by atoms with Crippen LogP contribution >= 0.6 is 38.5 Å². The molecule has 0 aromatic heterocycles. The van der Waals surface area contributed by atoms with Crippen LogP contribution in [0.25, 0.3) is 0 Å². The molecule has 0 radical (unpaired) electrons. The van der Waals surface area contributed by atoms with Crippen molar-refractivity contribution >= 4 is 38.5 Å². The lowest BCUT2D eigenvalue weighted by Gasteiger charge is -2.22. The third-order valence-electron chi connectivity index (χ3n) is 3.43. The van der Waals surface area contributed by atoms with Gasteiger partial charge in [-0.3, -0.25) is 0 Å². The number of nitrogens with one attached hydrogen (secondary N) is 1. The zero-order valence-electron chi connectivity index (χ0n) is 12.4. The molecular weight excluding hydrogens is 441 g/mol. The first-order valence-electron chi connectivity index (χ1n) is 6.89. The third kappa shape index (κ3) is 3.99. The zero-order valence-corrected chi connectivity index (χ0v) is 16.2. The number of benzene rings is 2. The standard InChI is InChI=1S/C17H19BrINO/c1-4-20-17(12-5-7-13(19)8-6-12)14-10-15(18)11(2)9-16(14)21-3/h5-10,17,20H,4H2,1-3H3. The van der Waals surface area contributed by atoms with Crippen molar-refractivity contribution in [2.45, 2.75) is 19.9 Å². The van der Waals surface area contributed by atoms with Crippen LogP contribution in [-0.4, -0.2) is 13.7 Å². The minimum atomic E-state index is 0.124. The highest BCUT2D eigenvalue weighted by Gasteiger charge is 2.18. The van der Waals surface area contributed by atoms with E-state index in [0.29, 0.717) is 0 Å². The highest BCUT2D eigenvalue weighted by atomic mass is 127. The number of halogens is 2. The molecule has 4 heteroatoms. The fourth-order valence-electron chi connectivity index (χ4n) is 2.34. The molecule has 21 heavy (non-hydrogen) atoms. The molecule has 0 saturated heterocycles. The van der Waals surface area contributed by atoms with Gasteiger partial charge in [0.05, 0.1) is 13.2 Å². The maximum atomic E-state index is 5.59. The van der Waals surface area contributed by atoms with Crippen LogP contribution in [0.5, 0.6) is 5.75 Å². The van der Waals surface area contributed by atoms with E-state index < -0.39 is 0 Å². The summed E-state index contributed by atoms with van der Waals surface area (Å²) in [7, 11) is 1.73. The topological polar surface area (TPSA) is 21.3 Å². The first-order chi connectivity index (χ1) is 10.1. The van der Waals surface area contributed by atoms with Crippen LogP contribution in [0.2, 0.25) is 0 Å². The van der Waals surface area contributed by atoms with Gasteiger partial charge in [-0.05, 0) is 71.5 Å². The monoisotopic (exact) mass is 459 g/mol. The molecule has 0 aliphatic rings. The molecule has 2 aromatic carbocycles. The molecule has 112 valence electrons. The number of rotatable bonds is 5. The number of hydrogen-bond acceptors (Lipinski definition) is 2. The van der Waals surface area contributed by atoms with Gasteiger partial charge in [-0.1, -0.05) is 35.0 Å². The van der Waals surface area contributed by atoms with E-state index in [9.17, 15) is 0 Å². The van der Waals surface area contributed by atoms with Crippen LogP contribution in [-0.2, 0) is 0 Å². The van der Waals surface area contributed by atoms with Crippen molar-refractivity contribution in [2.75, 3.05) is 13.7 Å². The van der Waals surface area contributed by atoms with Crippen molar-refractivity contribution < 1.29 is 4.74 Å². The summed E-state index contributed by atoms with van der Waals surface area (Å²) in [6, 6.07) is 13.0. The van der Waals surface area contributed by atoms with Crippen molar-refractivity contribution in [2.24, 2.45) is 0 Å². The first kappa shape index (κ1) is 16.8. The highest BCUT2D eigenvalue weighted by molar-refractivity contribution is 14.1. The van der Waals surface area contributed by atoms with Crippen LogP contribution in [0.3, 0.4) is 0 Å². The summed E-state index contributed by atoms with van der Waals surface area (Å²) in [5.74, 6) is 0.917. The third-order valence-corrected chi connectivity index (χ3v) is 5.01. The molecule has 0 fully saturated rings. The summed E-state index contributed by atoms with van der Waals surface area (Å²) in [5, 5.41) is 3.55. The Morgan fingerprint density at radius 1 is 1.24 bits per heavy atom. The van der Waals surface area contributed by atoms with E-state index in [0.717, 1.165) is 22.3 Å². The lowest BCUT2D eigenvalue weighted by Crippen LogP contribution is -2.22. The highest BCUT2D eigenvalue weighted by Crippen LogP contribution is 2.34. The molecule has 2 nitrogen and oxygen atoms in total. The Morgan fingerprint density at radius 3 is 2.48 bits per heavy atom. The summed E-state index contributed by atoms with van der Waals surface area (Å²) in [4.78, 5) is 0. The van der Waals surface area contributed by atoms with Gasteiger partial charge < -0.3 is 10.1 Å². The molecule has 1 atom stereocenters. The molecule has 0 bridgehead atoms. The van der Waals surface area contributed by atoms with Gasteiger partial charge in [-0.25, -0.2) is 0 Å². The van der Waals surface area contributed by atoms with Crippen LogP contribution in [0.4, 0.5) is 0 Å². The van der Waals surface area contributed by atoms with E-state index in [2.05, 4.69) is 94.1 Å². The molecule has 0 aliphatic carbocycles. The lowest BCUT2D eigenvalue weighted by atomic mass is 9.96. The number of ether oxygens (including phenoxy) is 1. The molecule has 1 unspecified atom stereocenters. The Balaban J connectivity index is 2.51. The van der Waals surface area contributed by atoms with Gasteiger partial charge in [-0.15, -0.1) is 0 Å². The lowest BCUT2D eigenvalue weighted by molar-refractivity contribution is 0.404. The summed E-state index contributed by atoms with van der Waals surface area (Å²) in [5.41, 5.74) is 3.57. The zero-order chi connectivity index (χ0) is 15.4. The van der Waals surface area contributed by atoms with Crippen molar-refractivity contribution in [1.82, 2.24) is 5.32 Å². The fraction of sp³-hybridized carbons (Fsp3) is 0.294. The fourth-order valence-corrected chi connectivity index (χ4v) is 3.06. The molecule has 0 amide bonds. The second-order valence-electron chi connectivity index (χ2n) is 4.89. The molecule has 0 aliphatic heterocycles. The molecule has 2 rings (SSSR count). The number of hydrogen-bond donors (Lipinski definition) is 1. The van der Waals surface area contributed by atoms with Crippen molar-refractivity contribution in [3.8, 4) is 5.75 Å². The van der Waals surface area contributed by atoms with E-state index in [1.54, 1.807) is 7.11 Å². The SMILES string of the molecule is CCNC(c1ccc(I)cc1)c1cc(Br)c(C)cc1OC. The first-order valence-corrected chi connectivity index (χ1v) is 8.76. The van der Waals surface area contributed by atoms with E-state index in [4.69, 9.17) is 4.74 Å². The van der Waals surface area contributed by atoms with E-state index in [1.165, 1.54) is 14.7 Å². The maximum Gasteiger partial charge on any atom is 0.124 e. The smallest absolute Gasteiger partial charge is 0.124 e. The van der Waals surface area contributed by atoms with Crippen molar-refractivity contribution in [3.63, 3.8) is 0 Å². The number of aryl methyl sites for hydroxylation is 1. The Morgan fingerprint density at radius 2 is 1.90 bits per heavy atom.